The number of aromatic amines is 1. The monoisotopic (exact) mass is 402 g/mol. The van der Waals surface area contributed by atoms with Crippen LogP contribution in [0.15, 0.2) is 12.4 Å². The number of ether oxygens (including phenoxy) is 1. The Balaban J connectivity index is 1.30. The van der Waals surface area contributed by atoms with Gasteiger partial charge in [-0.3, -0.25) is 4.79 Å². The van der Waals surface area contributed by atoms with E-state index in [-0.39, 0.29) is 17.9 Å². The van der Waals surface area contributed by atoms with E-state index in [9.17, 15) is 4.79 Å². The minimum Gasteiger partial charge on any atom is -0.377 e. The summed E-state index contributed by atoms with van der Waals surface area (Å²) < 4.78 is 6.19. The van der Waals surface area contributed by atoms with Gasteiger partial charge in [0.05, 0.1) is 12.6 Å². The number of hydrogen-bond acceptors (Lipinski definition) is 4. The minimum absolute atomic E-state index is 0.0626. The van der Waals surface area contributed by atoms with E-state index in [1.54, 1.807) is 12.4 Å². The van der Waals surface area contributed by atoms with Crippen LogP contribution in [0.3, 0.4) is 0 Å². The van der Waals surface area contributed by atoms with Crippen LogP contribution in [0.2, 0.25) is 0 Å². The van der Waals surface area contributed by atoms with Crippen molar-refractivity contribution in [1.82, 2.24) is 20.6 Å². The van der Waals surface area contributed by atoms with Gasteiger partial charge >= 0.3 is 0 Å². The van der Waals surface area contributed by atoms with Crippen molar-refractivity contribution in [3.05, 3.63) is 18.2 Å². The topological polar surface area (TPSA) is 79.0 Å². The summed E-state index contributed by atoms with van der Waals surface area (Å²) in [5, 5.41) is 6.98. The lowest BCUT2D eigenvalue weighted by molar-refractivity contribution is -0.128. The summed E-state index contributed by atoms with van der Waals surface area (Å²) in [6.45, 7) is 3.45. The van der Waals surface area contributed by atoms with E-state index < -0.39 is 0 Å². The fraction of sp³-hybridized carbons (Fsp3) is 0.826. The Bertz CT molecular complexity index is 633. The smallest absolute Gasteiger partial charge is 0.223 e. The van der Waals surface area contributed by atoms with Crippen LogP contribution in [0.5, 0.6) is 0 Å². The highest BCUT2D eigenvalue weighted by Gasteiger charge is 2.46. The Hall–Kier alpha value is -1.40. The Morgan fingerprint density at radius 2 is 2.10 bits per heavy atom. The van der Waals surface area contributed by atoms with E-state index in [2.05, 4.69) is 27.5 Å². The first-order valence-electron chi connectivity index (χ1n) is 11.8. The lowest BCUT2D eigenvalue weighted by Crippen LogP contribution is -2.57. The highest BCUT2D eigenvalue weighted by atomic mass is 16.5. The molecule has 0 aromatic carbocycles. The summed E-state index contributed by atoms with van der Waals surface area (Å²) in [6.07, 6.45) is 17.3. The third kappa shape index (κ3) is 5.21. The molecule has 1 aromatic heterocycles. The van der Waals surface area contributed by atoms with Crippen molar-refractivity contribution in [1.29, 1.82) is 0 Å². The quantitative estimate of drug-likeness (QED) is 0.620. The molecule has 3 fully saturated rings. The van der Waals surface area contributed by atoms with Crippen molar-refractivity contribution in [2.75, 3.05) is 6.61 Å². The van der Waals surface area contributed by atoms with Crippen molar-refractivity contribution in [2.45, 2.75) is 102 Å². The molecule has 1 amide bonds. The van der Waals surface area contributed by atoms with Gasteiger partial charge in [0.1, 0.15) is 5.82 Å². The molecule has 0 aliphatic heterocycles. The zero-order valence-corrected chi connectivity index (χ0v) is 17.9. The Morgan fingerprint density at radius 3 is 2.83 bits per heavy atom. The second-order valence-corrected chi connectivity index (χ2v) is 9.61. The largest absolute Gasteiger partial charge is 0.377 e. The van der Waals surface area contributed by atoms with Gasteiger partial charge in [0, 0.05) is 37.0 Å². The van der Waals surface area contributed by atoms with Gasteiger partial charge in [-0.25, -0.2) is 4.98 Å². The molecule has 6 heteroatoms. The van der Waals surface area contributed by atoms with Gasteiger partial charge in [0.15, 0.2) is 0 Å². The van der Waals surface area contributed by atoms with Crippen molar-refractivity contribution in [3.8, 4) is 0 Å². The van der Waals surface area contributed by atoms with Gasteiger partial charge < -0.3 is 20.4 Å². The van der Waals surface area contributed by atoms with Gasteiger partial charge in [-0.2, -0.15) is 0 Å². The second kappa shape index (κ2) is 9.61. The lowest BCUT2D eigenvalue weighted by atomic mass is 9.58. The molecule has 3 aliphatic rings. The molecule has 1 spiro atoms. The molecule has 0 radical (unpaired) electrons. The van der Waals surface area contributed by atoms with E-state index in [0.717, 1.165) is 38.1 Å². The molecular weight excluding hydrogens is 364 g/mol. The predicted molar refractivity (Wildman–Crippen MR) is 113 cm³/mol. The Morgan fingerprint density at radius 1 is 1.28 bits per heavy atom. The molecule has 0 saturated heterocycles. The fourth-order valence-electron chi connectivity index (χ4n) is 5.85. The highest BCUT2D eigenvalue weighted by molar-refractivity contribution is 5.78. The van der Waals surface area contributed by atoms with Crippen LogP contribution in [-0.4, -0.2) is 40.7 Å². The summed E-state index contributed by atoms with van der Waals surface area (Å²) >= 11 is 0. The number of hydrogen-bond donors (Lipinski definition) is 3. The molecule has 1 heterocycles. The molecule has 3 aliphatic carbocycles. The molecule has 0 unspecified atom stereocenters. The maximum Gasteiger partial charge on any atom is 0.223 e. The Labute approximate surface area is 175 Å². The fourth-order valence-corrected chi connectivity index (χ4v) is 5.85. The number of imidazole rings is 1. The lowest BCUT2D eigenvalue weighted by Gasteiger charge is -2.52. The average Bonchev–Trinajstić information content (AvgIpc) is 3.24. The summed E-state index contributed by atoms with van der Waals surface area (Å²) in [7, 11) is 0. The number of H-pyrrole nitrogens is 1. The molecular formula is C23H38N4O2. The first-order chi connectivity index (χ1) is 14.2. The number of amides is 1. The summed E-state index contributed by atoms with van der Waals surface area (Å²) in [6, 6.07) is 0.899. The maximum absolute atomic E-state index is 12.7. The first-order valence-corrected chi connectivity index (χ1v) is 11.8. The second-order valence-electron chi connectivity index (χ2n) is 9.61. The predicted octanol–water partition coefficient (Wildman–Crippen LogP) is 3.69. The molecule has 162 valence electrons. The summed E-state index contributed by atoms with van der Waals surface area (Å²) in [5.74, 6) is 1.02. The van der Waals surface area contributed by atoms with Crippen LogP contribution >= 0.6 is 0 Å². The highest BCUT2D eigenvalue weighted by Crippen LogP contribution is 2.52. The normalized spacial score (nSPS) is 29.5. The van der Waals surface area contributed by atoms with E-state index in [1.807, 2.05) is 0 Å². The van der Waals surface area contributed by atoms with E-state index >= 15 is 0 Å². The molecule has 1 aromatic rings. The molecule has 3 saturated carbocycles. The SMILES string of the molecule is CCCO[C@@H]1CC[C@H](C(=O)NCc2ncc[nH]2)C[C@H]1NC1CC2(CCCCC2)C1. The summed E-state index contributed by atoms with van der Waals surface area (Å²) in [5.41, 5.74) is 0.629. The van der Waals surface area contributed by atoms with Gasteiger partial charge in [0.25, 0.3) is 0 Å². The van der Waals surface area contributed by atoms with Gasteiger partial charge in [-0.05, 0) is 56.8 Å². The van der Waals surface area contributed by atoms with E-state index in [0.29, 0.717) is 24.0 Å². The number of carbonyl (C=O) groups is 1. The van der Waals surface area contributed by atoms with Crippen LogP contribution < -0.4 is 10.6 Å². The molecule has 29 heavy (non-hydrogen) atoms. The number of aromatic nitrogens is 2. The van der Waals surface area contributed by atoms with E-state index in [1.165, 1.54) is 44.9 Å². The average molecular weight is 403 g/mol. The third-order valence-corrected chi connectivity index (χ3v) is 7.40. The standard InChI is InChI=1S/C23H38N4O2/c1-2-12-29-20-7-6-17(22(28)26-16-21-24-10-11-25-21)13-19(20)27-18-14-23(15-18)8-4-3-5-9-23/h10-11,17-20,27H,2-9,12-16H2,1H3,(H,24,25)(H,26,28)/t17-,19+,20+/m0/s1. The third-order valence-electron chi connectivity index (χ3n) is 7.40. The van der Waals surface area contributed by atoms with Crippen molar-refractivity contribution in [3.63, 3.8) is 0 Å². The Kier molecular flexibility index (Phi) is 6.91. The van der Waals surface area contributed by atoms with Crippen molar-refractivity contribution < 1.29 is 9.53 Å². The van der Waals surface area contributed by atoms with Crippen LogP contribution in [0.25, 0.3) is 0 Å². The number of carbonyl (C=O) groups excluding carboxylic acids is 1. The van der Waals surface area contributed by atoms with Crippen LogP contribution in [0.1, 0.15) is 83.4 Å². The van der Waals surface area contributed by atoms with Crippen LogP contribution in [0.4, 0.5) is 0 Å². The van der Waals surface area contributed by atoms with Crippen LogP contribution in [-0.2, 0) is 16.1 Å². The van der Waals surface area contributed by atoms with E-state index in [4.69, 9.17) is 4.74 Å². The van der Waals surface area contributed by atoms with Crippen molar-refractivity contribution >= 4 is 5.91 Å². The molecule has 6 nitrogen and oxygen atoms in total. The van der Waals surface area contributed by atoms with Crippen molar-refractivity contribution in [2.24, 2.45) is 11.3 Å². The zero-order chi connectivity index (χ0) is 20.1. The number of nitrogens with zero attached hydrogens (tertiary/aromatic N) is 1. The summed E-state index contributed by atoms with van der Waals surface area (Å²) in [4.78, 5) is 20.0. The molecule has 3 atom stereocenters. The van der Waals surface area contributed by atoms with Gasteiger partial charge in [-0.15, -0.1) is 0 Å². The van der Waals surface area contributed by atoms with Crippen LogP contribution in [0, 0.1) is 11.3 Å². The zero-order valence-electron chi connectivity index (χ0n) is 17.9. The minimum atomic E-state index is 0.0626. The molecule has 3 N–H and O–H groups in total. The maximum atomic E-state index is 12.7. The first kappa shape index (κ1) is 20.9. The number of rotatable bonds is 8. The van der Waals surface area contributed by atoms with Gasteiger partial charge in [0.2, 0.25) is 5.91 Å². The molecule has 0 bridgehead atoms. The number of nitrogens with one attached hydrogen (secondary N) is 3. The molecule has 4 rings (SSSR count). The van der Waals surface area contributed by atoms with Gasteiger partial charge in [-0.1, -0.05) is 26.2 Å².